The smallest absolute Gasteiger partial charge is 0.372 e. The number of rotatable bonds is 5. The first-order valence-electron chi connectivity index (χ1n) is 8.03. The van der Waals surface area contributed by atoms with Crippen LogP contribution in [0.1, 0.15) is 33.7 Å². The van der Waals surface area contributed by atoms with Gasteiger partial charge in [-0.25, -0.2) is 4.79 Å². The maximum Gasteiger partial charge on any atom is 0.372 e. The monoisotopic (exact) mass is 348 g/mol. The molecule has 0 saturated carbocycles. The molecule has 3 rings (SSSR count). The first kappa shape index (κ1) is 17.2. The van der Waals surface area contributed by atoms with Gasteiger partial charge in [-0.15, -0.1) is 0 Å². The number of carboxylic acids is 1. The minimum Gasteiger partial charge on any atom is -0.475 e. The average Bonchev–Trinajstić information content (AvgIpc) is 2.97. The lowest BCUT2D eigenvalue weighted by atomic mass is 10.1. The zero-order valence-electron chi connectivity index (χ0n) is 14.1. The SMILES string of the molecule is Cc1c(C(=O)O)oc2ccc(NC(=O)CCc3cccc(C#N)c3)cc12. The fourth-order valence-electron chi connectivity index (χ4n) is 2.78. The highest BCUT2D eigenvalue weighted by Crippen LogP contribution is 2.28. The molecule has 0 bridgehead atoms. The number of aromatic carboxylic acids is 1. The Morgan fingerprint density at radius 2 is 2.04 bits per heavy atom. The number of amides is 1. The maximum atomic E-state index is 12.2. The lowest BCUT2D eigenvalue weighted by Gasteiger charge is -2.06. The Labute approximate surface area is 149 Å². The third kappa shape index (κ3) is 3.57. The van der Waals surface area contributed by atoms with Crippen LogP contribution < -0.4 is 5.32 Å². The third-order valence-electron chi connectivity index (χ3n) is 4.11. The van der Waals surface area contributed by atoms with Gasteiger partial charge in [-0.3, -0.25) is 4.79 Å². The van der Waals surface area contributed by atoms with Gasteiger partial charge in [0.25, 0.3) is 0 Å². The van der Waals surface area contributed by atoms with Gasteiger partial charge in [0.2, 0.25) is 11.7 Å². The standard InChI is InChI=1S/C20H16N2O4/c1-12-16-10-15(6-7-17(16)26-19(12)20(24)25)22-18(23)8-5-13-3-2-4-14(9-13)11-21/h2-4,6-7,9-10H,5,8H2,1H3,(H,22,23)(H,24,25). The molecule has 2 N–H and O–H groups in total. The molecule has 2 aromatic carbocycles. The quantitative estimate of drug-likeness (QED) is 0.728. The number of carbonyl (C=O) groups excluding carboxylic acids is 1. The van der Waals surface area contributed by atoms with E-state index in [2.05, 4.69) is 11.4 Å². The van der Waals surface area contributed by atoms with Crippen molar-refractivity contribution in [1.82, 2.24) is 0 Å². The number of furan rings is 1. The van der Waals surface area contributed by atoms with Crippen molar-refractivity contribution in [2.45, 2.75) is 19.8 Å². The van der Waals surface area contributed by atoms with Crippen molar-refractivity contribution in [3.8, 4) is 6.07 Å². The largest absolute Gasteiger partial charge is 0.475 e. The lowest BCUT2D eigenvalue weighted by molar-refractivity contribution is -0.116. The molecule has 0 aliphatic carbocycles. The molecular formula is C20H16N2O4. The molecule has 0 atom stereocenters. The summed E-state index contributed by atoms with van der Waals surface area (Å²) in [4.78, 5) is 23.3. The molecule has 0 spiro atoms. The number of benzene rings is 2. The number of nitrogens with one attached hydrogen (secondary N) is 1. The Hall–Kier alpha value is -3.59. The average molecular weight is 348 g/mol. The molecule has 0 radical (unpaired) electrons. The van der Waals surface area contributed by atoms with Gasteiger partial charge in [0, 0.05) is 23.1 Å². The number of nitriles is 1. The van der Waals surface area contributed by atoms with Crippen molar-refractivity contribution in [3.63, 3.8) is 0 Å². The molecule has 6 heteroatoms. The van der Waals surface area contributed by atoms with Crippen LogP contribution in [0.5, 0.6) is 0 Å². The molecule has 0 aliphatic rings. The van der Waals surface area contributed by atoms with E-state index >= 15 is 0 Å². The van der Waals surface area contributed by atoms with Gasteiger partial charge in [-0.2, -0.15) is 5.26 Å². The second-order valence-electron chi connectivity index (χ2n) is 5.93. The molecule has 3 aromatic rings. The fourth-order valence-corrected chi connectivity index (χ4v) is 2.78. The summed E-state index contributed by atoms with van der Waals surface area (Å²) in [7, 11) is 0. The van der Waals surface area contributed by atoms with Crippen LogP contribution in [-0.2, 0) is 11.2 Å². The summed E-state index contributed by atoms with van der Waals surface area (Å²) >= 11 is 0. The van der Waals surface area contributed by atoms with Gasteiger partial charge in [0.15, 0.2) is 0 Å². The molecule has 0 fully saturated rings. The van der Waals surface area contributed by atoms with Gasteiger partial charge >= 0.3 is 5.97 Å². The van der Waals surface area contributed by atoms with Crippen molar-refractivity contribution in [2.75, 3.05) is 5.32 Å². The van der Waals surface area contributed by atoms with Crippen LogP contribution >= 0.6 is 0 Å². The number of hydrogen-bond donors (Lipinski definition) is 2. The highest BCUT2D eigenvalue weighted by atomic mass is 16.4. The van der Waals surface area contributed by atoms with E-state index in [1.165, 1.54) is 0 Å². The van der Waals surface area contributed by atoms with Gasteiger partial charge < -0.3 is 14.8 Å². The molecule has 0 aliphatic heterocycles. The van der Waals surface area contributed by atoms with Crippen LogP contribution in [0, 0.1) is 18.3 Å². The Balaban J connectivity index is 1.70. The number of hydrogen-bond acceptors (Lipinski definition) is 4. The Morgan fingerprint density at radius 3 is 2.77 bits per heavy atom. The van der Waals surface area contributed by atoms with Crippen molar-refractivity contribution < 1.29 is 19.1 Å². The normalized spacial score (nSPS) is 10.5. The Bertz CT molecular complexity index is 1040. The van der Waals surface area contributed by atoms with Crippen LogP contribution in [0.15, 0.2) is 46.9 Å². The van der Waals surface area contributed by atoms with Crippen LogP contribution in [0.4, 0.5) is 5.69 Å². The van der Waals surface area contributed by atoms with Gasteiger partial charge in [0.1, 0.15) is 5.58 Å². The number of carboxylic acid groups (broad SMARTS) is 1. The minimum atomic E-state index is -1.12. The molecule has 6 nitrogen and oxygen atoms in total. The van der Waals surface area contributed by atoms with Crippen molar-refractivity contribution in [3.05, 3.63) is 64.9 Å². The number of carbonyl (C=O) groups is 2. The van der Waals surface area contributed by atoms with E-state index in [9.17, 15) is 9.59 Å². The van der Waals surface area contributed by atoms with E-state index in [-0.39, 0.29) is 18.1 Å². The van der Waals surface area contributed by atoms with Gasteiger partial charge in [-0.05, 0) is 49.2 Å². The lowest BCUT2D eigenvalue weighted by Crippen LogP contribution is -2.12. The molecule has 0 unspecified atom stereocenters. The van der Waals surface area contributed by atoms with Gasteiger partial charge in [-0.1, -0.05) is 12.1 Å². The predicted octanol–water partition coefficient (Wildman–Crippen LogP) is 3.88. The number of aryl methyl sites for hydroxylation is 2. The zero-order valence-corrected chi connectivity index (χ0v) is 14.1. The molecule has 1 heterocycles. The Morgan fingerprint density at radius 1 is 1.23 bits per heavy atom. The van der Waals surface area contributed by atoms with E-state index in [4.69, 9.17) is 14.8 Å². The van der Waals surface area contributed by atoms with Crippen LogP contribution in [-0.4, -0.2) is 17.0 Å². The van der Waals surface area contributed by atoms with E-state index < -0.39 is 5.97 Å². The number of anilines is 1. The molecule has 130 valence electrons. The summed E-state index contributed by atoms with van der Waals surface area (Å²) in [6.45, 7) is 1.67. The van der Waals surface area contributed by atoms with Gasteiger partial charge in [0.05, 0.1) is 11.6 Å². The summed E-state index contributed by atoms with van der Waals surface area (Å²) in [5.74, 6) is -1.38. The highest BCUT2D eigenvalue weighted by molar-refractivity contribution is 5.98. The predicted molar refractivity (Wildman–Crippen MR) is 96.0 cm³/mol. The van der Waals surface area contributed by atoms with Crippen molar-refractivity contribution in [2.24, 2.45) is 0 Å². The Kier molecular flexibility index (Phi) is 4.72. The fraction of sp³-hybridized carbons (Fsp3) is 0.150. The van der Waals surface area contributed by atoms with Crippen LogP contribution in [0.25, 0.3) is 11.0 Å². The summed E-state index contributed by atoms with van der Waals surface area (Å²) in [6, 6.07) is 14.2. The summed E-state index contributed by atoms with van der Waals surface area (Å²) < 4.78 is 5.31. The van der Waals surface area contributed by atoms with E-state index in [0.29, 0.717) is 34.2 Å². The molecule has 1 amide bonds. The highest BCUT2D eigenvalue weighted by Gasteiger charge is 2.17. The summed E-state index contributed by atoms with van der Waals surface area (Å²) in [5, 5.41) is 21.5. The first-order valence-corrected chi connectivity index (χ1v) is 8.03. The van der Waals surface area contributed by atoms with Crippen LogP contribution in [0.3, 0.4) is 0 Å². The minimum absolute atomic E-state index is 0.0964. The second-order valence-corrected chi connectivity index (χ2v) is 5.93. The summed E-state index contributed by atoms with van der Waals surface area (Å²) in [6.07, 6.45) is 0.801. The molecule has 1 aromatic heterocycles. The van der Waals surface area contributed by atoms with E-state index in [0.717, 1.165) is 5.56 Å². The molecule has 26 heavy (non-hydrogen) atoms. The van der Waals surface area contributed by atoms with E-state index in [1.54, 1.807) is 43.3 Å². The van der Waals surface area contributed by atoms with E-state index in [1.807, 2.05) is 6.07 Å². The topological polar surface area (TPSA) is 103 Å². The third-order valence-corrected chi connectivity index (χ3v) is 4.11. The first-order chi connectivity index (χ1) is 12.5. The van der Waals surface area contributed by atoms with Crippen molar-refractivity contribution in [1.29, 1.82) is 5.26 Å². The summed E-state index contributed by atoms with van der Waals surface area (Å²) in [5.41, 5.74) is 3.06. The molecular weight excluding hydrogens is 332 g/mol. The number of nitrogens with zero attached hydrogens (tertiary/aromatic N) is 1. The second kappa shape index (κ2) is 7.11. The zero-order chi connectivity index (χ0) is 18.7. The van der Waals surface area contributed by atoms with Crippen LogP contribution in [0.2, 0.25) is 0 Å². The number of fused-ring (bicyclic) bond motifs is 1. The van der Waals surface area contributed by atoms with Crippen molar-refractivity contribution >= 4 is 28.5 Å². The maximum absolute atomic E-state index is 12.2. The molecule has 0 saturated heterocycles.